The summed E-state index contributed by atoms with van der Waals surface area (Å²) >= 11 is 1.07. The highest BCUT2D eigenvalue weighted by Gasteiger charge is 2.20. The van der Waals surface area contributed by atoms with Gasteiger partial charge in [-0.25, -0.2) is 13.8 Å². The molecule has 0 saturated heterocycles. The quantitative estimate of drug-likeness (QED) is 0.519. The smallest absolute Gasteiger partial charge is 0.306 e. The SMILES string of the molecule is CCOC(=O)CCC(=O)N(Cc1nc2cc(F)cc(F)c2s1)c1ccc(C)cc1. The molecule has 0 unspecified atom stereocenters. The molecular weight excluding hydrogens is 398 g/mol. The van der Waals surface area contributed by atoms with Gasteiger partial charge in [0.1, 0.15) is 16.6 Å². The number of halogens is 2. The van der Waals surface area contributed by atoms with Crippen molar-refractivity contribution in [3.63, 3.8) is 0 Å². The molecule has 1 amide bonds. The second-order valence-electron chi connectivity index (χ2n) is 6.46. The number of hydrogen-bond donors (Lipinski definition) is 0. The highest BCUT2D eigenvalue weighted by Crippen LogP contribution is 2.28. The van der Waals surface area contributed by atoms with Crippen LogP contribution in [-0.2, 0) is 20.9 Å². The first-order chi connectivity index (χ1) is 13.9. The summed E-state index contributed by atoms with van der Waals surface area (Å²) in [7, 11) is 0. The third kappa shape index (κ3) is 5.14. The Bertz CT molecular complexity index is 1030. The molecule has 152 valence electrons. The van der Waals surface area contributed by atoms with Crippen molar-refractivity contribution in [3.8, 4) is 0 Å². The number of amides is 1. The van der Waals surface area contributed by atoms with Gasteiger partial charge in [0.2, 0.25) is 5.91 Å². The number of anilines is 1. The molecule has 1 heterocycles. The van der Waals surface area contributed by atoms with E-state index in [9.17, 15) is 18.4 Å². The van der Waals surface area contributed by atoms with Crippen LogP contribution < -0.4 is 4.90 Å². The summed E-state index contributed by atoms with van der Waals surface area (Å²) in [5, 5.41) is 0.467. The van der Waals surface area contributed by atoms with Crippen LogP contribution in [0.5, 0.6) is 0 Å². The monoisotopic (exact) mass is 418 g/mol. The second kappa shape index (κ2) is 9.09. The summed E-state index contributed by atoms with van der Waals surface area (Å²) < 4.78 is 32.6. The van der Waals surface area contributed by atoms with Gasteiger partial charge in [-0.15, -0.1) is 11.3 Å². The van der Waals surface area contributed by atoms with E-state index in [1.807, 2.05) is 19.1 Å². The Morgan fingerprint density at radius 2 is 1.86 bits per heavy atom. The Kier molecular flexibility index (Phi) is 6.53. The van der Waals surface area contributed by atoms with Gasteiger partial charge in [-0.3, -0.25) is 9.59 Å². The molecule has 0 aliphatic carbocycles. The van der Waals surface area contributed by atoms with Crippen molar-refractivity contribution >= 4 is 39.1 Å². The van der Waals surface area contributed by atoms with E-state index in [0.29, 0.717) is 10.7 Å². The van der Waals surface area contributed by atoms with Gasteiger partial charge in [0.25, 0.3) is 0 Å². The first kappa shape index (κ1) is 20.9. The predicted molar refractivity (Wildman–Crippen MR) is 108 cm³/mol. The van der Waals surface area contributed by atoms with E-state index < -0.39 is 17.6 Å². The number of carbonyl (C=O) groups excluding carboxylic acids is 2. The highest BCUT2D eigenvalue weighted by atomic mass is 32.1. The number of esters is 1. The van der Waals surface area contributed by atoms with E-state index >= 15 is 0 Å². The Balaban J connectivity index is 1.86. The van der Waals surface area contributed by atoms with Gasteiger partial charge in [-0.2, -0.15) is 0 Å². The third-order valence-corrected chi connectivity index (χ3v) is 5.31. The summed E-state index contributed by atoms with van der Waals surface area (Å²) in [6.45, 7) is 3.97. The summed E-state index contributed by atoms with van der Waals surface area (Å²) in [6, 6.07) is 9.31. The fourth-order valence-corrected chi connectivity index (χ4v) is 3.77. The van der Waals surface area contributed by atoms with Crippen LogP contribution in [0.1, 0.15) is 30.3 Å². The number of thiazole rings is 1. The number of aryl methyl sites for hydroxylation is 1. The minimum atomic E-state index is -0.701. The molecule has 0 bridgehead atoms. The lowest BCUT2D eigenvalue weighted by Crippen LogP contribution is -2.30. The van der Waals surface area contributed by atoms with Crippen LogP contribution in [0.4, 0.5) is 14.5 Å². The molecule has 0 spiro atoms. The van der Waals surface area contributed by atoms with Crippen LogP contribution in [0.25, 0.3) is 10.2 Å². The molecule has 0 saturated carbocycles. The minimum absolute atomic E-state index is 0.0272. The molecular formula is C21H20F2N2O3S. The molecule has 0 fully saturated rings. The van der Waals surface area contributed by atoms with E-state index in [4.69, 9.17) is 4.74 Å². The average molecular weight is 418 g/mol. The summed E-state index contributed by atoms with van der Waals surface area (Å²) in [6.07, 6.45) is -0.0602. The van der Waals surface area contributed by atoms with Gasteiger partial charge in [-0.1, -0.05) is 17.7 Å². The van der Waals surface area contributed by atoms with Gasteiger partial charge in [0.15, 0.2) is 0 Å². The number of hydrogen-bond acceptors (Lipinski definition) is 5. The van der Waals surface area contributed by atoms with Crippen LogP contribution in [0.15, 0.2) is 36.4 Å². The standard InChI is InChI=1S/C21H20F2N2O3S/c1-3-28-20(27)9-8-19(26)25(15-6-4-13(2)5-7-15)12-18-24-17-11-14(22)10-16(23)21(17)29-18/h4-7,10-11H,3,8-9,12H2,1-2H3. The first-order valence-electron chi connectivity index (χ1n) is 9.14. The molecule has 0 aliphatic heterocycles. The number of aromatic nitrogens is 1. The summed E-state index contributed by atoms with van der Waals surface area (Å²) in [5.74, 6) is -2.11. The van der Waals surface area contributed by atoms with Crippen molar-refractivity contribution in [2.24, 2.45) is 0 Å². The average Bonchev–Trinajstić information content (AvgIpc) is 3.08. The number of carbonyl (C=O) groups is 2. The van der Waals surface area contributed by atoms with Crippen LogP contribution >= 0.6 is 11.3 Å². The zero-order valence-electron chi connectivity index (χ0n) is 16.1. The van der Waals surface area contributed by atoms with Crippen molar-refractivity contribution < 1.29 is 23.1 Å². The van der Waals surface area contributed by atoms with E-state index in [-0.39, 0.29) is 42.1 Å². The number of benzene rings is 2. The third-order valence-electron chi connectivity index (χ3n) is 4.24. The van der Waals surface area contributed by atoms with Crippen molar-refractivity contribution in [2.45, 2.75) is 33.2 Å². The molecule has 0 N–H and O–H groups in total. The van der Waals surface area contributed by atoms with Gasteiger partial charge in [0, 0.05) is 24.2 Å². The topological polar surface area (TPSA) is 59.5 Å². The van der Waals surface area contributed by atoms with Crippen molar-refractivity contribution in [1.29, 1.82) is 0 Å². The molecule has 3 rings (SSSR count). The lowest BCUT2D eigenvalue weighted by atomic mass is 10.2. The summed E-state index contributed by atoms with van der Waals surface area (Å²) in [4.78, 5) is 30.2. The molecule has 1 aromatic heterocycles. The largest absolute Gasteiger partial charge is 0.466 e. The van der Waals surface area contributed by atoms with E-state index in [0.717, 1.165) is 29.0 Å². The Labute approximate surface area is 170 Å². The van der Waals surface area contributed by atoms with Crippen molar-refractivity contribution in [1.82, 2.24) is 4.98 Å². The van der Waals surface area contributed by atoms with Crippen LogP contribution in [0.3, 0.4) is 0 Å². The number of fused-ring (bicyclic) bond motifs is 1. The lowest BCUT2D eigenvalue weighted by Gasteiger charge is -2.22. The van der Waals surface area contributed by atoms with Crippen molar-refractivity contribution in [2.75, 3.05) is 11.5 Å². The number of ether oxygens (including phenoxy) is 1. The van der Waals surface area contributed by atoms with E-state index in [1.165, 1.54) is 4.90 Å². The van der Waals surface area contributed by atoms with E-state index in [2.05, 4.69) is 4.98 Å². The minimum Gasteiger partial charge on any atom is -0.466 e. The Morgan fingerprint density at radius 3 is 2.55 bits per heavy atom. The molecule has 5 nitrogen and oxygen atoms in total. The molecule has 29 heavy (non-hydrogen) atoms. The normalized spacial score (nSPS) is 10.9. The molecule has 2 aromatic carbocycles. The highest BCUT2D eigenvalue weighted by molar-refractivity contribution is 7.18. The number of nitrogens with zero attached hydrogens (tertiary/aromatic N) is 2. The van der Waals surface area contributed by atoms with Gasteiger partial charge < -0.3 is 9.64 Å². The fourth-order valence-electron chi connectivity index (χ4n) is 2.83. The van der Waals surface area contributed by atoms with Gasteiger partial charge in [0.05, 0.1) is 29.8 Å². The zero-order chi connectivity index (χ0) is 21.0. The first-order valence-corrected chi connectivity index (χ1v) is 9.96. The van der Waals surface area contributed by atoms with Crippen molar-refractivity contribution in [3.05, 3.63) is 58.6 Å². The molecule has 8 heteroatoms. The maximum Gasteiger partial charge on any atom is 0.306 e. The zero-order valence-corrected chi connectivity index (χ0v) is 16.9. The Morgan fingerprint density at radius 1 is 1.14 bits per heavy atom. The molecule has 0 aliphatic rings. The predicted octanol–water partition coefficient (Wildman–Crippen LogP) is 4.76. The maximum absolute atomic E-state index is 14.0. The van der Waals surface area contributed by atoms with Crippen LogP contribution in [-0.4, -0.2) is 23.5 Å². The molecule has 3 aromatic rings. The van der Waals surface area contributed by atoms with Gasteiger partial charge in [-0.05, 0) is 26.0 Å². The maximum atomic E-state index is 14.0. The van der Waals surface area contributed by atoms with Gasteiger partial charge >= 0.3 is 5.97 Å². The van der Waals surface area contributed by atoms with E-state index in [1.54, 1.807) is 19.1 Å². The Hall–Kier alpha value is -2.87. The summed E-state index contributed by atoms with van der Waals surface area (Å²) in [5.41, 5.74) is 1.88. The second-order valence-corrected chi connectivity index (χ2v) is 7.55. The van der Waals surface area contributed by atoms with Crippen LogP contribution in [0, 0.1) is 18.6 Å². The number of rotatable bonds is 7. The van der Waals surface area contributed by atoms with Crippen LogP contribution in [0.2, 0.25) is 0 Å². The lowest BCUT2D eigenvalue weighted by molar-refractivity contribution is -0.144. The molecule has 0 atom stereocenters. The fraction of sp³-hybridized carbons (Fsp3) is 0.286. The molecule has 0 radical (unpaired) electrons.